The quantitative estimate of drug-likeness (QED) is 0.628. The van der Waals surface area contributed by atoms with Crippen LogP contribution in [0, 0.1) is 6.92 Å². The zero-order valence-corrected chi connectivity index (χ0v) is 10.6. The molecular weight excluding hydrogens is 228 g/mol. The summed E-state index contributed by atoms with van der Waals surface area (Å²) in [6.07, 6.45) is 1.71. The van der Waals surface area contributed by atoms with Gasteiger partial charge in [-0.05, 0) is 26.0 Å². The molecule has 1 heterocycles. The molecule has 0 aliphatic rings. The van der Waals surface area contributed by atoms with Gasteiger partial charge in [-0.2, -0.15) is 0 Å². The molecule has 0 aliphatic heterocycles. The van der Waals surface area contributed by atoms with E-state index < -0.39 is 0 Å². The average molecular weight is 246 g/mol. The van der Waals surface area contributed by atoms with Gasteiger partial charge in [0.05, 0.1) is 18.9 Å². The molecule has 0 spiro atoms. The highest BCUT2D eigenvalue weighted by Gasteiger charge is 2.18. The number of hydrogen-bond acceptors (Lipinski definition) is 4. The van der Waals surface area contributed by atoms with Crippen LogP contribution in [0.3, 0.4) is 0 Å². The number of nitrogens with two attached hydrogens (primary N) is 1. The van der Waals surface area contributed by atoms with Gasteiger partial charge in [-0.3, -0.25) is 5.84 Å². The molecule has 1 aromatic carbocycles. The Hall–Kier alpha value is -1.78. The Morgan fingerprint density at radius 3 is 2.78 bits per heavy atom. The van der Waals surface area contributed by atoms with Crippen molar-refractivity contribution in [2.45, 2.75) is 19.9 Å². The second kappa shape index (κ2) is 5.71. The van der Waals surface area contributed by atoms with Crippen LogP contribution in [0.5, 0.6) is 5.75 Å². The second-order valence-electron chi connectivity index (χ2n) is 4.06. The normalized spacial score (nSPS) is 12.4. The minimum absolute atomic E-state index is 0.134. The molecule has 96 valence electrons. The Kier molecular flexibility index (Phi) is 4.02. The smallest absolute Gasteiger partial charge is 0.124 e. The minimum atomic E-state index is -0.134. The maximum absolute atomic E-state index is 5.66. The van der Waals surface area contributed by atoms with E-state index in [0.29, 0.717) is 6.61 Å². The molecule has 1 unspecified atom stereocenters. The van der Waals surface area contributed by atoms with E-state index in [9.17, 15) is 0 Å². The fraction of sp³-hybridized carbons (Fsp3) is 0.286. The summed E-state index contributed by atoms with van der Waals surface area (Å²) in [7, 11) is 0. The Labute approximate surface area is 107 Å². The maximum atomic E-state index is 5.66. The van der Waals surface area contributed by atoms with E-state index >= 15 is 0 Å². The summed E-state index contributed by atoms with van der Waals surface area (Å²) >= 11 is 0. The Morgan fingerprint density at radius 1 is 1.39 bits per heavy atom. The van der Waals surface area contributed by atoms with E-state index in [4.69, 9.17) is 15.0 Å². The number of hydrogen-bond donors (Lipinski definition) is 2. The molecule has 0 saturated carbocycles. The monoisotopic (exact) mass is 246 g/mol. The minimum Gasteiger partial charge on any atom is -0.494 e. The highest BCUT2D eigenvalue weighted by Crippen LogP contribution is 2.30. The van der Waals surface area contributed by atoms with E-state index in [1.165, 1.54) is 0 Å². The maximum Gasteiger partial charge on any atom is 0.124 e. The van der Waals surface area contributed by atoms with Gasteiger partial charge >= 0.3 is 0 Å². The Bertz CT molecular complexity index is 508. The molecule has 3 N–H and O–H groups in total. The van der Waals surface area contributed by atoms with Gasteiger partial charge in [-0.15, -0.1) is 0 Å². The molecule has 0 saturated heterocycles. The fourth-order valence-corrected chi connectivity index (χ4v) is 1.99. The SMILES string of the molecule is CCOc1ccccc1C(NN)c1coc(C)c1. The van der Waals surface area contributed by atoms with Crippen LogP contribution in [0.2, 0.25) is 0 Å². The molecular formula is C14H18N2O2. The van der Waals surface area contributed by atoms with E-state index in [1.807, 2.05) is 44.2 Å². The number of nitrogens with one attached hydrogen (secondary N) is 1. The molecule has 4 heteroatoms. The molecule has 1 atom stereocenters. The van der Waals surface area contributed by atoms with Crippen molar-refractivity contribution in [2.75, 3.05) is 6.61 Å². The molecule has 2 aromatic rings. The average Bonchev–Trinajstić information content (AvgIpc) is 2.79. The predicted octanol–water partition coefficient (Wildman–Crippen LogP) is 2.54. The molecule has 0 bridgehead atoms. The lowest BCUT2D eigenvalue weighted by Gasteiger charge is -2.18. The number of aryl methyl sites for hydroxylation is 1. The molecule has 0 radical (unpaired) electrons. The van der Waals surface area contributed by atoms with Crippen molar-refractivity contribution in [3.05, 3.63) is 53.5 Å². The summed E-state index contributed by atoms with van der Waals surface area (Å²) in [5, 5.41) is 0. The van der Waals surface area contributed by atoms with Crippen molar-refractivity contribution in [1.29, 1.82) is 0 Å². The Balaban J connectivity index is 2.38. The number of rotatable bonds is 5. The first-order chi connectivity index (χ1) is 8.76. The van der Waals surface area contributed by atoms with Crippen molar-refractivity contribution in [3.8, 4) is 5.75 Å². The van der Waals surface area contributed by atoms with Crippen molar-refractivity contribution in [3.63, 3.8) is 0 Å². The topological polar surface area (TPSA) is 60.4 Å². The van der Waals surface area contributed by atoms with Crippen molar-refractivity contribution >= 4 is 0 Å². The zero-order chi connectivity index (χ0) is 13.0. The van der Waals surface area contributed by atoms with Crippen LogP contribution in [-0.4, -0.2) is 6.61 Å². The third-order valence-electron chi connectivity index (χ3n) is 2.78. The number of hydrazine groups is 1. The van der Waals surface area contributed by atoms with Gasteiger partial charge in [-0.25, -0.2) is 5.43 Å². The number of ether oxygens (including phenoxy) is 1. The number of benzene rings is 1. The first-order valence-electron chi connectivity index (χ1n) is 5.99. The first-order valence-corrected chi connectivity index (χ1v) is 5.99. The molecule has 1 aromatic heterocycles. The lowest BCUT2D eigenvalue weighted by atomic mass is 10.0. The molecule has 0 aliphatic carbocycles. The summed E-state index contributed by atoms with van der Waals surface area (Å²) in [5.74, 6) is 7.36. The molecule has 0 amide bonds. The van der Waals surface area contributed by atoms with Crippen LogP contribution in [0.15, 0.2) is 41.0 Å². The van der Waals surface area contributed by atoms with Gasteiger partial charge in [0.2, 0.25) is 0 Å². The standard InChI is InChI=1S/C14H18N2O2/c1-3-17-13-7-5-4-6-12(13)14(16-15)11-8-10(2)18-9-11/h4-9,14,16H,3,15H2,1-2H3. The highest BCUT2D eigenvalue weighted by atomic mass is 16.5. The lowest BCUT2D eigenvalue weighted by Crippen LogP contribution is -2.28. The predicted molar refractivity (Wildman–Crippen MR) is 70.2 cm³/mol. The molecule has 4 nitrogen and oxygen atoms in total. The van der Waals surface area contributed by atoms with Crippen molar-refractivity contribution in [2.24, 2.45) is 5.84 Å². The lowest BCUT2D eigenvalue weighted by molar-refractivity contribution is 0.333. The van der Waals surface area contributed by atoms with Gasteiger partial charge in [0, 0.05) is 11.1 Å². The summed E-state index contributed by atoms with van der Waals surface area (Å²) in [5.41, 5.74) is 4.80. The van der Waals surface area contributed by atoms with E-state index in [1.54, 1.807) is 6.26 Å². The van der Waals surface area contributed by atoms with Gasteiger partial charge in [0.1, 0.15) is 11.5 Å². The molecule has 0 fully saturated rings. The Morgan fingerprint density at radius 2 is 2.17 bits per heavy atom. The summed E-state index contributed by atoms with van der Waals surface area (Å²) < 4.78 is 11.0. The van der Waals surface area contributed by atoms with E-state index in [-0.39, 0.29) is 6.04 Å². The van der Waals surface area contributed by atoms with Crippen LogP contribution in [0.4, 0.5) is 0 Å². The largest absolute Gasteiger partial charge is 0.494 e. The van der Waals surface area contributed by atoms with Gasteiger partial charge in [0.25, 0.3) is 0 Å². The van der Waals surface area contributed by atoms with Crippen LogP contribution < -0.4 is 16.0 Å². The first kappa shape index (κ1) is 12.7. The third-order valence-corrected chi connectivity index (χ3v) is 2.78. The van der Waals surface area contributed by atoms with Crippen LogP contribution in [-0.2, 0) is 0 Å². The van der Waals surface area contributed by atoms with Gasteiger partial charge in [0.15, 0.2) is 0 Å². The number of furan rings is 1. The van der Waals surface area contributed by atoms with Gasteiger partial charge < -0.3 is 9.15 Å². The van der Waals surface area contributed by atoms with E-state index in [2.05, 4.69) is 5.43 Å². The fourth-order valence-electron chi connectivity index (χ4n) is 1.99. The molecule has 18 heavy (non-hydrogen) atoms. The summed E-state index contributed by atoms with van der Waals surface area (Å²) in [4.78, 5) is 0. The van der Waals surface area contributed by atoms with E-state index in [0.717, 1.165) is 22.6 Å². The second-order valence-corrected chi connectivity index (χ2v) is 4.06. The molecule has 2 rings (SSSR count). The van der Waals surface area contributed by atoms with Crippen molar-refractivity contribution in [1.82, 2.24) is 5.43 Å². The van der Waals surface area contributed by atoms with Crippen LogP contribution in [0.1, 0.15) is 29.9 Å². The van der Waals surface area contributed by atoms with Crippen LogP contribution in [0.25, 0.3) is 0 Å². The van der Waals surface area contributed by atoms with Crippen molar-refractivity contribution < 1.29 is 9.15 Å². The zero-order valence-electron chi connectivity index (χ0n) is 10.6. The third kappa shape index (κ3) is 2.55. The number of para-hydroxylation sites is 1. The summed E-state index contributed by atoms with van der Waals surface area (Å²) in [6, 6.07) is 9.68. The summed E-state index contributed by atoms with van der Waals surface area (Å²) in [6.45, 7) is 4.49. The highest BCUT2D eigenvalue weighted by molar-refractivity contribution is 5.41. The van der Waals surface area contributed by atoms with Gasteiger partial charge in [-0.1, -0.05) is 18.2 Å². The van der Waals surface area contributed by atoms with Crippen LogP contribution >= 0.6 is 0 Å².